The van der Waals surface area contributed by atoms with E-state index in [0.29, 0.717) is 0 Å². The van der Waals surface area contributed by atoms with Crippen LogP contribution in [0.2, 0.25) is 0 Å². The van der Waals surface area contributed by atoms with Crippen molar-refractivity contribution < 1.29 is 17.5 Å². The molecule has 0 aliphatic rings. The second-order valence-corrected chi connectivity index (χ2v) is 6.76. The van der Waals surface area contributed by atoms with Crippen molar-refractivity contribution in [3.05, 3.63) is 59.4 Å². The zero-order valence-electron chi connectivity index (χ0n) is 12.6. The summed E-state index contributed by atoms with van der Waals surface area (Å²) in [4.78, 5) is -0.134. The van der Waals surface area contributed by atoms with Crippen LogP contribution in [0.25, 0.3) is 0 Å². The number of aryl methyl sites for hydroxylation is 1. The molecule has 0 saturated carbocycles. The Balaban J connectivity index is 2.23. The summed E-state index contributed by atoms with van der Waals surface area (Å²) in [5.41, 5.74) is 1.93. The van der Waals surface area contributed by atoms with Crippen LogP contribution >= 0.6 is 0 Å². The van der Waals surface area contributed by atoms with Crippen molar-refractivity contribution >= 4 is 10.0 Å². The molecule has 0 radical (unpaired) electrons. The topological polar surface area (TPSA) is 55.4 Å². The second kappa shape index (κ2) is 6.46. The Morgan fingerprint density at radius 3 is 2.32 bits per heavy atom. The van der Waals surface area contributed by atoms with E-state index in [0.717, 1.165) is 17.2 Å². The first-order chi connectivity index (χ1) is 10.3. The number of hydrogen-bond donors (Lipinski definition) is 1. The van der Waals surface area contributed by atoms with Gasteiger partial charge in [0.1, 0.15) is 0 Å². The number of nitrogens with one attached hydrogen (secondary N) is 1. The number of hydrogen-bond acceptors (Lipinski definition) is 3. The van der Waals surface area contributed by atoms with Crippen LogP contribution in [0.3, 0.4) is 0 Å². The van der Waals surface area contributed by atoms with Crippen LogP contribution < -0.4 is 9.46 Å². The SMILES string of the molecule is COc1ccc(S(=O)(=O)N[C@H](C)c2ccc(C)cc2)cc1F. The lowest BCUT2D eigenvalue weighted by molar-refractivity contribution is 0.385. The van der Waals surface area contributed by atoms with Gasteiger partial charge in [0.25, 0.3) is 0 Å². The quantitative estimate of drug-likeness (QED) is 0.919. The van der Waals surface area contributed by atoms with Gasteiger partial charge in [0.2, 0.25) is 10.0 Å². The first-order valence-corrected chi connectivity index (χ1v) is 8.24. The van der Waals surface area contributed by atoms with E-state index in [9.17, 15) is 12.8 Å². The maximum atomic E-state index is 13.7. The normalized spacial score (nSPS) is 12.9. The maximum Gasteiger partial charge on any atom is 0.241 e. The number of sulfonamides is 1. The summed E-state index contributed by atoms with van der Waals surface area (Å²) in [7, 11) is -2.49. The number of halogens is 1. The molecule has 0 bridgehead atoms. The molecule has 0 saturated heterocycles. The van der Waals surface area contributed by atoms with Crippen molar-refractivity contribution in [1.82, 2.24) is 4.72 Å². The molecule has 2 aromatic carbocycles. The predicted octanol–water partition coefficient (Wildman–Crippen LogP) is 3.18. The second-order valence-electron chi connectivity index (χ2n) is 5.05. The first-order valence-electron chi connectivity index (χ1n) is 6.76. The summed E-state index contributed by atoms with van der Waals surface area (Å²) >= 11 is 0. The smallest absolute Gasteiger partial charge is 0.241 e. The molecule has 0 amide bonds. The molecule has 22 heavy (non-hydrogen) atoms. The molecular formula is C16H18FNO3S. The molecule has 0 spiro atoms. The molecule has 118 valence electrons. The van der Waals surface area contributed by atoms with Gasteiger partial charge in [0.15, 0.2) is 11.6 Å². The van der Waals surface area contributed by atoms with Crippen molar-refractivity contribution in [3.8, 4) is 5.75 Å². The van der Waals surface area contributed by atoms with Gasteiger partial charge in [-0.05, 0) is 37.6 Å². The van der Waals surface area contributed by atoms with Crippen LogP contribution in [0, 0.1) is 12.7 Å². The van der Waals surface area contributed by atoms with E-state index >= 15 is 0 Å². The fraction of sp³-hybridized carbons (Fsp3) is 0.250. The van der Waals surface area contributed by atoms with Crippen molar-refractivity contribution in [2.45, 2.75) is 24.8 Å². The van der Waals surface area contributed by atoms with Crippen LogP contribution in [-0.4, -0.2) is 15.5 Å². The largest absolute Gasteiger partial charge is 0.494 e. The van der Waals surface area contributed by atoms with Crippen molar-refractivity contribution in [1.29, 1.82) is 0 Å². The van der Waals surface area contributed by atoms with Crippen LogP contribution in [0.1, 0.15) is 24.1 Å². The summed E-state index contributed by atoms with van der Waals surface area (Å²) in [6, 6.07) is 10.7. The highest BCUT2D eigenvalue weighted by atomic mass is 32.2. The molecule has 0 unspecified atom stereocenters. The molecule has 1 N–H and O–H groups in total. The lowest BCUT2D eigenvalue weighted by Gasteiger charge is -2.15. The molecule has 0 fully saturated rings. The zero-order chi connectivity index (χ0) is 16.3. The van der Waals surface area contributed by atoms with Crippen LogP contribution in [-0.2, 0) is 10.0 Å². The van der Waals surface area contributed by atoms with Gasteiger partial charge in [-0.2, -0.15) is 0 Å². The molecule has 2 aromatic rings. The molecule has 0 aliphatic heterocycles. The third-order valence-corrected chi connectivity index (χ3v) is 4.88. The molecule has 4 nitrogen and oxygen atoms in total. The fourth-order valence-corrected chi connectivity index (χ4v) is 3.28. The Morgan fingerprint density at radius 2 is 1.77 bits per heavy atom. The Hall–Kier alpha value is -1.92. The Morgan fingerprint density at radius 1 is 1.14 bits per heavy atom. The molecule has 0 aliphatic carbocycles. The minimum absolute atomic E-state index is 0.00512. The molecule has 2 rings (SSSR count). The van der Waals surface area contributed by atoms with Gasteiger partial charge in [0, 0.05) is 6.04 Å². The van der Waals surface area contributed by atoms with Crippen molar-refractivity contribution in [2.75, 3.05) is 7.11 Å². The summed E-state index contributed by atoms with van der Waals surface area (Å²) < 4.78 is 45.6. The van der Waals surface area contributed by atoms with Gasteiger partial charge in [0.05, 0.1) is 12.0 Å². The van der Waals surface area contributed by atoms with E-state index in [1.807, 2.05) is 31.2 Å². The fourth-order valence-electron chi connectivity index (χ4n) is 2.04. The minimum atomic E-state index is -3.81. The molecular weight excluding hydrogens is 305 g/mol. The number of benzene rings is 2. The Bertz CT molecular complexity index is 757. The van der Waals surface area contributed by atoms with Gasteiger partial charge in [-0.1, -0.05) is 29.8 Å². The lowest BCUT2D eigenvalue weighted by atomic mass is 10.1. The molecule has 1 atom stereocenters. The van der Waals surface area contributed by atoms with Crippen LogP contribution in [0.15, 0.2) is 47.4 Å². The summed E-state index contributed by atoms with van der Waals surface area (Å²) in [5.74, 6) is -0.709. The molecule has 6 heteroatoms. The third kappa shape index (κ3) is 3.64. The number of methoxy groups -OCH3 is 1. The Kier molecular flexibility index (Phi) is 4.83. The Labute approximate surface area is 130 Å². The van der Waals surface area contributed by atoms with Gasteiger partial charge in [-0.3, -0.25) is 0 Å². The number of ether oxygens (including phenoxy) is 1. The van der Waals surface area contributed by atoms with Crippen molar-refractivity contribution in [3.63, 3.8) is 0 Å². The summed E-state index contributed by atoms with van der Waals surface area (Å²) in [5, 5.41) is 0. The highest BCUT2D eigenvalue weighted by Crippen LogP contribution is 2.22. The zero-order valence-corrected chi connectivity index (χ0v) is 13.4. The highest BCUT2D eigenvalue weighted by molar-refractivity contribution is 7.89. The van der Waals surface area contributed by atoms with E-state index < -0.39 is 21.9 Å². The predicted molar refractivity (Wildman–Crippen MR) is 82.9 cm³/mol. The maximum absolute atomic E-state index is 13.7. The van der Waals surface area contributed by atoms with Gasteiger partial charge in [-0.15, -0.1) is 0 Å². The van der Waals surface area contributed by atoms with E-state index in [1.165, 1.54) is 19.2 Å². The monoisotopic (exact) mass is 323 g/mol. The van der Waals surface area contributed by atoms with E-state index in [2.05, 4.69) is 4.72 Å². The average molecular weight is 323 g/mol. The average Bonchev–Trinajstić information content (AvgIpc) is 2.47. The minimum Gasteiger partial charge on any atom is -0.494 e. The third-order valence-electron chi connectivity index (χ3n) is 3.34. The lowest BCUT2D eigenvalue weighted by Crippen LogP contribution is -2.27. The molecule has 0 heterocycles. The standard InChI is InChI=1S/C16H18FNO3S/c1-11-4-6-13(7-5-11)12(2)18-22(19,20)14-8-9-16(21-3)15(17)10-14/h4-10,12,18H,1-3H3/t12-/m1/s1. The first kappa shape index (κ1) is 16.5. The highest BCUT2D eigenvalue weighted by Gasteiger charge is 2.20. The van der Waals surface area contributed by atoms with Gasteiger partial charge >= 0.3 is 0 Å². The molecule has 0 aromatic heterocycles. The van der Waals surface area contributed by atoms with Crippen LogP contribution in [0.4, 0.5) is 4.39 Å². The van der Waals surface area contributed by atoms with E-state index in [-0.39, 0.29) is 10.6 Å². The van der Waals surface area contributed by atoms with Gasteiger partial charge < -0.3 is 4.74 Å². The van der Waals surface area contributed by atoms with E-state index in [1.54, 1.807) is 6.92 Å². The van der Waals surface area contributed by atoms with Crippen molar-refractivity contribution in [2.24, 2.45) is 0 Å². The summed E-state index contributed by atoms with van der Waals surface area (Å²) in [6.45, 7) is 3.70. The van der Waals surface area contributed by atoms with E-state index in [4.69, 9.17) is 4.74 Å². The van der Waals surface area contributed by atoms with Crippen LogP contribution in [0.5, 0.6) is 5.75 Å². The number of rotatable bonds is 5. The van der Waals surface area contributed by atoms with Gasteiger partial charge in [-0.25, -0.2) is 17.5 Å². The summed E-state index contributed by atoms with van der Waals surface area (Å²) in [6.07, 6.45) is 0.